The molecule has 8 heteroatoms. The molecule has 1 heterocycles. The number of likely N-dealkylation sites (tertiary alicyclic amines) is 1. The Hall–Kier alpha value is -2.32. The Kier molecular flexibility index (Phi) is 5.05. The molecule has 152 valence electrons. The van der Waals surface area contributed by atoms with Crippen molar-refractivity contribution in [1.82, 2.24) is 4.90 Å². The van der Waals surface area contributed by atoms with Crippen LogP contribution in [-0.4, -0.2) is 43.6 Å². The second kappa shape index (κ2) is 6.93. The van der Waals surface area contributed by atoms with Crippen LogP contribution in [0.1, 0.15) is 18.1 Å². The molecule has 0 radical (unpaired) electrons. The molecule has 1 atom stereocenters. The minimum Gasteiger partial charge on any atom is -0.494 e. The first kappa shape index (κ1) is 20.4. The third-order valence-electron chi connectivity index (χ3n) is 5.19. The van der Waals surface area contributed by atoms with E-state index in [1.165, 1.54) is 31.4 Å². The van der Waals surface area contributed by atoms with Crippen molar-refractivity contribution < 1.29 is 32.1 Å². The number of hydrogen-bond acceptors (Lipinski definition) is 4. The largest absolute Gasteiger partial charge is 0.573 e. The van der Waals surface area contributed by atoms with Gasteiger partial charge in [0.1, 0.15) is 11.4 Å². The van der Waals surface area contributed by atoms with E-state index >= 15 is 4.39 Å². The van der Waals surface area contributed by atoms with E-state index in [1.54, 1.807) is 6.07 Å². The van der Waals surface area contributed by atoms with Crippen molar-refractivity contribution in [3.8, 4) is 11.5 Å². The first-order valence-electron chi connectivity index (χ1n) is 8.60. The summed E-state index contributed by atoms with van der Waals surface area (Å²) in [5, 5.41) is 11.8. The van der Waals surface area contributed by atoms with E-state index in [4.69, 9.17) is 4.74 Å². The van der Waals surface area contributed by atoms with Gasteiger partial charge in [-0.3, -0.25) is 0 Å². The van der Waals surface area contributed by atoms with Crippen LogP contribution in [0.25, 0.3) is 0 Å². The van der Waals surface area contributed by atoms with E-state index in [1.807, 2.05) is 18.9 Å². The SMILES string of the molecule is COc1cccc(C(O)(c2ccc(OC(F)(F)F)cc2)C2(C)CN(C)C2)c1F. The summed E-state index contributed by atoms with van der Waals surface area (Å²) in [5.41, 5.74) is -2.27. The van der Waals surface area contributed by atoms with Crippen LogP contribution in [0.15, 0.2) is 42.5 Å². The second-order valence-electron chi connectivity index (χ2n) is 7.34. The summed E-state index contributed by atoms with van der Waals surface area (Å²) in [7, 11) is 3.19. The summed E-state index contributed by atoms with van der Waals surface area (Å²) in [6.45, 7) is 2.76. The van der Waals surface area contributed by atoms with Crippen molar-refractivity contribution in [3.05, 3.63) is 59.4 Å². The number of benzene rings is 2. The molecule has 0 bridgehead atoms. The average Bonchev–Trinajstić information content (AvgIpc) is 2.59. The third kappa shape index (κ3) is 3.42. The molecule has 0 spiro atoms. The van der Waals surface area contributed by atoms with E-state index in [9.17, 15) is 18.3 Å². The Morgan fingerprint density at radius 3 is 2.18 bits per heavy atom. The van der Waals surface area contributed by atoms with Crippen LogP contribution in [-0.2, 0) is 5.60 Å². The zero-order valence-corrected chi connectivity index (χ0v) is 15.7. The van der Waals surface area contributed by atoms with E-state index < -0.39 is 28.9 Å². The van der Waals surface area contributed by atoms with E-state index in [-0.39, 0.29) is 16.9 Å². The van der Waals surface area contributed by atoms with Gasteiger partial charge in [-0.25, -0.2) is 4.39 Å². The van der Waals surface area contributed by atoms with E-state index in [0.29, 0.717) is 13.1 Å². The number of halogens is 4. The quantitative estimate of drug-likeness (QED) is 0.774. The number of nitrogens with zero attached hydrogens (tertiary/aromatic N) is 1. The molecule has 1 aliphatic rings. The third-order valence-corrected chi connectivity index (χ3v) is 5.19. The summed E-state index contributed by atoms with van der Waals surface area (Å²) >= 11 is 0. The zero-order valence-electron chi connectivity index (χ0n) is 15.7. The zero-order chi connectivity index (χ0) is 20.7. The molecule has 0 saturated carbocycles. The number of methoxy groups -OCH3 is 1. The van der Waals surface area contributed by atoms with Crippen LogP contribution in [0.5, 0.6) is 11.5 Å². The van der Waals surface area contributed by atoms with Crippen LogP contribution in [0.2, 0.25) is 0 Å². The monoisotopic (exact) mass is 399 g/mol. The summed E-state index contributed by atoms with van der Waals surface area (Å²) in [6, 6.07) is 9.33. The van der Waals surface area contributed by atoms with Crippen molar-refractivity contribution in [2.45, 2.75) is 18.9 Å². The van der Waals surface area contributed by atoms with Gasteiger partial charge in [0.2, 0.25) is 0 Å². The highest BCUT2D eigenvalue weighted by Gasteiger charge is 2.56. The van der Waals surface area contributed by atoms with Crippen molar-refractivity contribution in [2.24, 2.45) is 5.41 Å². The van der Waals surface area contributed by atoms with Crippen LogP contribution < -0.4 is 9.47 Å². The van der Waals surface area contributed by atoms with Crippen LogP contribution in [0.4, 0.5) is 17.6 Å². The highest BCUT2D eigenvalue weighted by atomic mass is 19.4. The minimum absolute atomic E-state index is 0.00643. The van der Waals surface area contributed by atoms with Gasteiger partial charge in [0.15, 0.2) is 11.6 Å². The molecule has 1 saturated heterocycles. The number of hydrogen-bond donors (Lipinski definition) is 1. The minimum atomic E-state index is -4.82. The topological polar surface area (TPSA) is 41.9 Å². The van der Waals surface area contributed by atoms with E-state index in [2.05, 4.69) is 4.74 Å². The lowest BCUT2D eigenvalue weighted by molar-refractivity contribution is -0.274. The summed E-state index contributed by atoms with van der Waals surface area (Å²) in [6.07, 6.45) is -4.82. The Morgan fingerprint density at radius 1 is 1.07 bits per heavy atom. The van der Waals surface area contributed by atoms with Gasteiger partial charge in [0.25, 0.3) is 0 Å². The normalized spacial score (nSPS) is 18.9. The molecule has 2 aromatic rings. The molecule has 1 unspecified atom stereocenters. The fraction of sp³-hybridized carbons (Fsp3) is 0.400. The van der Waals surface area contributed by atoms with Gasteiger partial charge in [-0.2, -0.15) is 0 Å². The second-order valence-corrected chi connectivity index (χ2v) is 7.34. The number of alkyl halides is 3. The summed E-state index contributed by atoms with van der Waals surface area (Å²) < 4.78 is 61.3. The van der Waals surface area contributed by atoms with Gasteiger partial charge in [0, 0.05) is 24.1 Å². The average molecular weight is 399 g/mol. The summed E-state index contributed by atoms with van der Waals surface area (Å²) in [4.78, 5) is 1.96. The molecule has 0 amide bonds. The first-order valence-corrected chi connectivity index (χ1v) is 8.60. The van der Waals surface area contributed by atoms with Crippen LogP contribution in [0, 0.1) is 11.2 Å². The number of ether oxygens (including phenoxy) is 2. The Morgan fingerprint density at radius 2 is 1.68 bits per heavy atom. The maximum absolute atomic E-state index is 15.1. The lowest BCUT2D eigenvalue weighted by Gasteiger charge is -2.56. The van der Waals surface area contributed by atoms with Crippen LogP contribution in [0.3, 0.4) is 0 Å². The fourth-order valence-electron chi connectivity index (χ4n) is 4.05. The van der Waals surface area contributed by atoms with Gasteiger partial charge >= 0.3 is 6.36 Å². The maximum atomic E-state index is 15.1. The molecule has 3 rings (SSSR count). The molecular weight excluding hydrogens is 378 g/mol. The van der Waals surface area contributed by atoms with Gasteiger partial charge in [0.05, 0.1) is 7.11 Å². The molecule has 2 aromatic carbocycles. The molecular formula is C20H21F4NO3. The molecule has 1 fully saturated rings. The van der Waals surface area contributed by atoms with Gasteiger partial charge < -0.3 is 19.5 Å². The highest BCUT2D eigenvalue weighted by molar-refractivity contribution is 5.45. The first-order chi connectivity index (χ1) is 13.0. The standard InChI is InChI=1S/C20H21F4NO3/c1-18(11-25(2)12-18)19(26,15-5-4-6-16(27-3)17(15)21)13-7-9-14(10-8-13)28-20(22,23)24/h4-10,26H,11-12H2,1-3H3. The van der Waals surface area contributed by atoms with Crippen LogP contribution >= 0.6 is 0 Å². The highest BCUT2D eigenvalue weighted by Crippen LogP contribution is 2.51. The fourth-order valence-corrected chi connectivity index (χ4v) is 4.05. The predicted octanol–water partition coefficient (Wildman–Crippen LogP) is 3.92. The summed E-state index contributed by atoms with van der Waals surface area (Å²) in [5.74, 6) is -1.15. The van der Waals surface area contributed by atoms with Crippen molar-refractivity contribution in [1.29, 1.82) is 0 Å². The Balaban J connectivity index is 2.11. The smallest absolute Gasteiger partial charge is 0.494 e. The molecule has 1 N–H and O–H groups in total. The molecule has 0 aromatic heterocycles. The van der Waals surface area contributed by atoms with E-state index in [0.717, 1.165) is 12.1 Å². The van der Waals surface area contributed by atoms with Gasteiger partial charge in [-0.05, 0) is 30.8 Å². The molecule has 1 aliphatic heterocycles. The lowest BCUT2D eigenvalue weighted by atomic mass is 9.62. The van der Waals surface area contributed by atoms with Crippen molar-refractivity contribution in [3.63, 3.8) is 0 Å². The molecule has 28 heavy (non-hydrogen) atoms. The van der Waals surface area contributed by atoms with Crippen molar-refractivity contribution in [2.75, 3.05) is 27.2 Å². The van der Waals surface area contributed by atoms with Gasteiger partial charge in [-0.1, -0.05) is 31.2 Å². The Labute approximate surface area is 160 Å². The maximum Gasteiger partial charge on any atom is 0.573 e. The van der Waals surface area contributed by atoms with Gasteiger partial charge in [-0.15, -0.1) is 13.2 Å². The number of aliphatic hydroxyl groups is 1. The molecule has 0 aliphatic carbocycles. The number of rotatable bonds is 5. The lowest BCUT2D eigenvalue weighted by Crippen LogP contribution is -2.63. The molecule has 4 nitrogen and oxygen atoms in total. The predicted molar refractivity (Wildman–Crippen MR) is 94.7 cm³/mol. The Bertz CT molecular complexity index is 848. The van der Waals surface area contributed by atoms with Crippen molar-refractivity contribution >= 4 is 0 Å².